The van der Waals surface area contributed by atoms with Gasteiger partial charge in [-0.25, -0.2) is 9.38 Å². The van der Waals surface area contributed by atoms with E-state index in [0.717, 1.165) is 5.56 Å². The van der Waals surface area contributed by atoms with Crippen LogP contribution in [0.5, 0.6) is 0 Å². The molecule has 22 heavy (non-hydrogen) atoms. The van der Waals surface area contributed by atoms with Gasteiger partial charge in [0.15, 0.2) is 5.96 Å². The Kier molecular flexibility index (Phi) is 10.3. The monoisotopic (exact) mass is 424 g/mol. The lowest BCUT2D eigenvalue weighted by Gasteiger charge is -2.13. The van der Waals surface area contributed by atoms with Crippen LogP contribution in [0, 0.1) is 5.82 Å². The third-order valence-electron chi connectivity index (χ3n) is 2.85. The van der Waals surface area contributed by atoms with Gasteiger partial charge in [-0.1, -0.05) is 12.1 Å². The van der Waals surface area contributed by atoms with Crippen LogP contribution in [0.25, 0.3) is 0 Å². The predicted octanol–water partition coefficient (Wildman–Crippen LogP) is 1.94. The zero-order valence-corrected chi connectivity index (χ0v) is 15.9. The van der Waals surface area contributed by atoms with Gasteiger partial charge in [0.2, 0.25) is 0 Å². The quantitative estimate of drug-likeness (QED) is 0.399. The molecule has 7 heteroatoms. The highest BCUT2D eigenvalue weighted by Crippen LogP contribution is 2.12. The molecule has 0 heterocycles. The molecule has 0 spiro atoms. The third-order valence-corrected chi connectivity index (χ3v) is 2.85. The molecule has 0 bridgehead atoms. The molecule has 1 rings (SSSR count). The summed E-state index contributed by atoms with van der Waals surface area (Å²) in [4.78, 5) is 6.12. The lowest BCUT2D eigenvalue weighted by Crippen LogP contribution is -2.40. The van der Waals surface area contributed by atoms with Gasteiger partial charge >= 0.3 is 0 Å². The van der Waals surface area contributed by atoms with E-state index in [4.69, 9.17) is 10.5 Å². The number of hydrogen-bond acceptors (Lipinski definition) is 3. The fourth-order valence-electron chi connectivity index (χ4n) is 1.92. The van der Waals surface area contributed by atoms with Crippen LogP contribution >= 0.6 is 24.0 Å². The van der Waals surface area contributed by atoms with Crippen LogP contribution in [0.3, 0.4) is 0 Å². The van der Waals surface area contributed by atoms with Crippen LogP contribution in [0.15, 0.2) is 23.2 Å². The Morgan fingerprint density at radius 3 is 2.68 bits per heavy atom. The topological polar surface area (TPSA) is 62.9 Å². The van der Waals surface area contributed by atoms with Gasteiger partial charge in [0, 0.05) is 25.3 Å². The fraction of sp³-hybridized carbons (Fsp3) is 0.533. The van der Waals surface area contributed by atoms with Gasteiger partial charge in [-0.05, 0) is 32.6 Å². The first-order valence-corrected chi connectivity index (χ1v) is 6.89. The average molecular weight is 424 g/mol. The molecule has 0 saturated carbocycles. The number of hydrogen-bond donors (Lipinski definition) is 2. The van der Waals surface area contributed by atoms with E-state index in [-0.39, 0.29) is 35.8 Å². The number of rotatable bonds is 7. The van der Waals surface area contributed by atoms with Crippen molar-refractivity contribution < 1.29 is 9.13 Å². The lowest BCUT2D eigenvalue weighted by molar-refractivity contribution is 0.179. The van der Waals surface area contributed by atoms with Crippen LogP contribution in [0.4, 0.5) is 4.39 Å². The second-order valence-electron chi connectivity index (χ2n) is 5.37. The zero-order chi connectivity index (χ0) is 15.8. The zero-order valence-electron chi connectivity index (χ0n) is 13.6. The van der Waals surface area contributed by atoms with Crippen molar-refractivity contribution in [1.29, 1.82) is 0 Å². The standard InChI is InChI=1S/C15H25FN4O.HI/c1-11(10-21-4)19-15(17)18-8-12-5-6-13(9-20(2)3)14(16)7-12;/h5-7,11H,8-10H2,1-4H3,(H3,17,18,19);1H. The fourth-order valence-corrected chi connectivity index (χ4v) is 1.92. The van der Waals surface area contributed by atoms with E-state index in [2.05, 4.69) is 10.3 Å². The molecule has 0 amide bonds. The molecule has 1 unspecified atom stereocenters. The first-order valence-electron chi connectivity index (χ1n) is 6.89. The largest absolute Gasteiger partial charge is 0.383 e. The molecular formula is C15H26FIN4O. The van der Waals surface area contributed by atoms with Gasteiger partial charge in [-0.2, -0.15) is 0 Å². The number of nitrogens with zero attached hydrogens (tertiary/aromatic N) is 2. The Balaban J connectivity index is 0.00000441. The molecule has 0 saturated heterocycles. The van der Waals surface area contributed by atoms with Crippen molar-refractivity contribution >= 4 is 29.9 Å². The van der Waals surface area contributed by atoms with E-state index < -0.39 is 0 Å². The van der Waals surface area contributed by atoms with Crippen molar-refractivity contribution in [3.8, 4) is 0 Å². The molecule has 126 valence electrons. The summed E-state index contributed by atoms with van der Waals surface area (Å²) in [5.74, 6) is 0.119. The molecule has 0 radical (unpaired) electrons. The van der Waals surface area contributed by atoms with E-state index in [1.54, 1.807) is 13.2 Å². The van der Waals surface area contributed by atoms with Crippen molar-refractivity contribution in [1.82, 2.24) is 10.2 Å². The number of methoxy groups -OCH3 is 1. The lowest BCUT2D eigenvalue weighted by atomic mass is 10.1. The average Bonchev–Trinajstić information content (AvgIpc) is 2.39. The summed E-state index contributed by atoms with van der Waals surface area (Å²) >= 11 is 0. The predicted molar refractivity (Wildman–Crippen MR) is 99.0 cm³/mol. The molecule has 0 aliphatic rings. The minimum absolute atomic E-state index is 0. The Labute approximate surface area is 149 Å². The van der Waals surface area contributed by atoms with Crippen molar-refractivity contribution in [3.05, 3.63) is 35.1 Å². The van der Waals surface area contributed by atoms with E-state index in [9.17, 15) is 4.39 Å². The maximum Gasteiger partial charge on any atom is 0.189 e. The summed E-state index contributed by atoms with van der Waals surface area (Å²) in [5.41, 5.74) is 7.23. The molecule has 0 fully saturated rings. The Morgan fingerprint density at radius 2 is 2.14 bits per heavy atom. The van der Waals surface area contributed by atoms with Crippen LogP contribution in [-0.2, 0) is 17.8 Å². The maximum absolute atomic E-state index is 13.9. The van der Waals surface area contributed by atoms with Crippen molar-refractivity contribution in [2.45, 2.75) is 26.1 Å². The first-order chi connectivity index (χ1) is 9.92. The Hall–Kier alpha value is -0.930. The Bertz CT molecular complexity index is 483. The summed E-state index contributed by atoms with van der Waals surface area (Å²) in [6.07, 6.45) is 0. The number of guanidine groups is 1. The maximum atomic E-state index is 13.9. The van der Waals surface area contributed by atoms with E-state index in [1.165, 1.54) is 6.07 Å². The van der Waals surface area contributed by atoms with E-state index in [0.29, 0.717) is 31.2 Å². The third kappa shape index (κ3) is 7.90. The van der Waals surface area contributed by atoms with Crippen LogP contribution < -0.4 is 11.1 Å². The van der Waals surface area contributed by atoms with Crippen LogP contribution in [0.1, 0.15) is 18.1 Å². The highest BCUT2D eigenvalue weighted by atomic mass is 127. The number of nitrogens with one attached hydrogen (secondary N) is 1. The molecule has 0 aliphatic carbocycles. The van der Waals surface area contributed by atoms with Gasteiger partial charge in [0.05, 0.1) is 13.2 Å². The minimum Gasteiger partial charge on any atom is -0.383 e. The number of ether oxygens (including phenoxy) is 1. The van der Waals surface area contributed by atoms with Gasteiger partial charge in [-0.15, -0.1) is 24.0 Å². The number of benzene rings is 1. The van der Waals surface area contributed by atoms with Crippen LogP contribution in [-0.4, -0.2) is 44.7 Å². The van der Waals surface area contributed by atoms with Crippen molar-refractivity contribution in [3.63, 3.8) is 0 Å². The first kappa shape index (κ1) is 21.1. The van der Waals surface area contributed by atoms with Crippen LogP contribution in [0.2, 0.25) is 0 Å². The van der Waals surface area contributed by atoms with Gasteiger partial charge in [0.25, 0.3) is 0 Å². The SMILES string of the molecule is COCC(C)NC(N)=NCc1ccc(CN(C)C)c(F)c1.I. The normalized spacial score (nSPS) is 12.9. The summed E-state index contributed by atoms with van der Waals surface area (Å²) in [6.45, 7) is 3.41. The summed E-state index contributed by atoms with van der Waals surface area (Å²) < 4.78 is 18.9. The molecular weight excluding hydrogens is 398 g/mol. The van der Waals surface area contributed by atoms with Crippen molar-refractivity contribution in [2.75, 3.05) is 27.8 Å². The molecule has 0 aliphatic heterocycles. The molecule has 1 atom stereocenters. The molecule has 5 nitrogen and oxygen atoms in total. The number of nitrogens with two attached hydrogens (primary N) is 1. The molecule has 1 aromatic rings. The van der Waals surface area contributed by atoms with E-state index >= 15 is 0 Å². The molecule has 1 aromatic carbocycles. The second-order valence-corrected chi connectivity index (χ2v) is 5.37. The van der Waals surface area contributed by atoms with E-state index in [1.807, 2.05) is 32.0 Å². The highest BCUT2D eigenvalue weighted by molar-refractivity contribution is 14.0. The highest BCUT2D eigenvalue weighted by Gasteiger charge is 2.05. The summed E-state index contributed by atoms with van der Waals surface area (Å²) in [5, 5.41) is 3.01. The van der Waals surface area contributed by atoms with Gasteiger partial charge in [-0.3, -0.25) is 0 Å². The molecule has 0 aromatic heterocycles. The Morgan fingerprint density at radius 1 is 1.45 bits per heavy atom. The summed E-state index contributed by atoms with van der Waals surface area (Å²) in [7, 11) is 5.44. The van der Waals surface area contributed by atoms with Gasteiger partial charge in [0.1, 0.15) is 5.82 Å². The number of aliphatic imine (C=N–C) groups is 1. The smallest absolute Gasteiger partial charge is 0.189 e. The number of halogens is 2. The second kappa shape index (κ2) is 10.7. The van der Waals surface area contributed by atoms with Gasteiger partial charge < -0.3 is 20.7 Å². The molecule has 3 N–H and O–H groups in total. The minimum atomic E-state index is -0.212. The summed E-state index contributed by atoms with van der Waals surface area (Å²) in [6, 6.07) is 5.25. The van der Waals surface area contributed by atoms with Crippen molar-refractivity contribution in [2.24, 2.45) is 10.7 Å².